The van der Waals surface area contributed by atoms with E-state index >= 15 is 0 Å². The van der Waals surface area contributed by atoms with E-state index < -0.39 is 5.60 Å². The zero-order valence-corrected chi connectivity index (χ0v) is 8.96. The van der Waals surface area contributed by atoms with Gasteiger partial charge in [0.25, 0.3) is 0 Å². The van der Waals surface area contributed by atoms with Gasteiger partial charge < -0.3 is 5.11 Å². The summed E-state index contributed by atoms with van der Waals surface area (Å²) in [6.45, 7) is 7.82. The van der Waals surface area contributed by atoms with Crippen molar-refractivity contribution in [3.05, 3.63) is 48.0 Å². The van der Waals surface area contributed by atoms with Crippen molar-refractivity contribution < 1.29 is 5.11 Å². The SMILES string of the molecule is C=C(C)C(O)(CCC)c1ccccc1. The van der Waals surface area contributed by atoms with Crippen LogP contribution in [0.5, 0.6) is 0 Å². The van der Waals surface area contributed by atoms with Crippen molar-refractivity contribution in [1.82, 2.24) is 0 Å². The van der Waals surface area contributed by atoms with E-state index in [1.165, 1.54) is 0 Å². The largest absolute Gasteiger partial charge is 0.381 e. The van der Waals surface area contributed by atoms with E-state index in [0.29, 0.717) is 0 Å². The van der Waals surface area contributed by atoms with Crippen LogP contribution in [-0.4, -0.2) is 5.11 Å². The van der Waals surface area contributed by atoms with Crippen molar-refractivity contribution in [3.8, 4) is 0 Å². The van der Waals surface area contributed by atoms with E-state index in [4.69, 9.17) is 0 Å². The third kappa shape index (κ3) is 2.05. The van der Waals surface area contributed by atoms with Crippen LogP contribution in [0.4, 0.5) is 0 Å². The average Bonchev–Trinajstić information content (AvgIpc) is 2.19. The molecular formula is C13H18O. The molecule has 0 heterocycles. The second kappa shape index (κ2) is 4.43. The first-order valence-corrected chi connectivity index (χ1v) is 5.05. The van der Waals surface area contributed by atoms with E-state index in [1.54, 1.807) is 0 Å². The average molecular weight is 190 g/mol. The van der Waals surface area contributed by atoms with Gasteiger partial charge in [-0.1, -0.05) is 50.3 Å². The lowest BCUT2D eigenvalue weighted by molar-refractivity contribution is 0.0662. The van der Waals surface area contributed by atoms with Gasteiger partial charge in [0.1, 0.15) is 5.60 Å². The summed E-state index contributed by atoms with van der Waals surface area (Å²) in [6.07, 6.45) is 1.67. The second-order valence-electron chi connectivity index (χ2n) is 3.76. The topological polar surface area (TPSA) is 20.2 Å². The van der Waals surface area contributed by atoms with Gasteiger partial charge in [0.2, 0.25) is 0 Å². The summed E-state index contributed by atoms with van der Waals surface area (Å²) in [7, 11) is 0. The molecule has 1 rings (SSSR count). The molecule has 1 N–H and O–H groups in total. The van der Waals surface area contributed by atoms with Gasteiger partial charge in [-0.2, -0.15) is 0 Å². The van der Waals surface area contributed by atoms with Crippen LogP contribution in [0.15, 0.2) is 42.5 Å². The standard InChI is InChI=1S/C13H18O/c1-4-10-13(14,11(2)3)12-8-6-5-7-9-12/h5-9,14H,2,4,10H2,1,3H3. The first-order chi connectivity index (χ1) is 6.61. The van der Waals surface area contributed by atoms with Gasteiger partial charge in [-0.3, -0.25) is 0 Å². The molecule has 0 aromatic heterocycles. The molecule has 0 amide bonds. The van der Waals surface area contributed by atoms with Crippen LogP contribution in [0.1, 0.15) is 32.3 Å². The summed E-state index contributed by atoms with van der Waals surface area (Å²) in [5.41, 5.74) is 0.899. The number of benzene rings is 1. The highest BCUT2D eigenvalue weighted by Gasteiger charge is 2.28. The Morgan fingerprint density at radius 3 is 2.36 bits per heavy atom. The molecule has 1 atom stereocenters. The summed E-state index contributed by atoms with van der Waals surface area (Å²) in [5, 5.41) is 10.5. The molecular weight excluding hydrogens is 172 g/mol. The summed E-state index contributed by atoms with van der Waals surface area (Å²) in [6, 6.07) is 9.74. The molecule has 0 aliphatic rings. The minimum atomic E-state index is -0.851. The molecule has 1 heteroatoms. The van der Waals surface area contributed by atoms with Gasteiger partial charge in [-0.25, -0.2) is 0 Å². The Balaban J connectivity index is 3.06. The molecule has 0 aliphatic heterocycles. The fourth-order valence-corrected chi connectivity index (χ4v) is 1.68. The van der Waals surface area contributed by atoms with Crippen molar-refractivity contribution in [3.63, 3.8) is 0 Å². The van der Waals surface area contributed by atoms with Crippen LogP contribution in [0.25, 0.3) is 0 Å². The summed E-state index contributed by atoms with van der Waals surface area (Å²) < 4.78 is 0. The maximum atomic E-state index is 10.5. The molecule has 0 saturated carbocycles. The van der Waals surface area contributed by atoms with E-state index in [2.05, 4.69) is 13.5 Å². The lowest BCUT2D eigenvalue weighted by Crippen LogP contribution is -2.26. The molecule has 0 aliphatic carbocycles. The summed E-state index contributed by atoms with van der Waals surface area (Å²) in [4.78, 5) is 0. The summed E-state index contributed by atoms with van der Waals surface area (Å²) in [5.74, 6) is 0. The highest BCUT2D eigenvalue weighted by molar-refractivity contribution is 5.30. The maximum Gasteiger partial charge on any atom is 0.110 e. The van der Waals surface area contributed by atoms with Crippen LogP contribution in [0.2, 0.25) is 0 Å². The van der Waals surface area contributed by atoms with Crippen molar-refractivity contribution in [2.24, 2.45) is 0 Å². The first kappa shape index (κ1) is 11.0. The molecule has 0 bridgehead atoms. The molecule has 14 heavy (non-hydrogen) atoms. The molecule has 1 aromatic rings. The zero-order valence-electron chi connectivity index (χ0n) is 8.96. The molecule has 0 spiro atoms. The Kier molecular flexibility index (Phi) is 3.48. The Morgan fingerprint density at radius 1 is 1.36 bits per heavy atom. The van der Waals surface area contributed by atoms with Crippen LogP contribution in [0, 0.1) is 0 Å². The number of aliphatic hydroxyl groups is 1. The Morgan fingerprint density at radius 2 is 1.93 bits per heavy atom. The van der Waals surface area contributed by atoms with E-state index in [9.17, 15) is 5.11 Å². The van der Waals surface area contributed by atoms with Crippen LogP contribution >= 0.6 is 0 Å². The maximum absolute atomic E-state index is 10.5. The highest BCUT2D eigenvalue weighted by atomic mass is 16.3. The van der Waals surface area contributed by atoms with Crippen LogP contribution in [0.3, 0.4) is 0 Å². The minimum absolute atomic E-state index is 0.729. The predicted molar refractivity (Wildman–Crippen MR) is 60.1 cm³/mol. The second-order valence-corrected chi connectivity index (χ2v) is 3.76. The van der Waals surface area contributed by atoms with Gasteiger partial charge >= 0.3 is 0 Å². The number of hydrogen-bond acceptors (Lipinski definition) is 1. The van der Waals surface area contributed by atoms with Gasteiger partial charge in [0, 0.05) is 0 Å². The van der Waals surface area contributed by atoms with Crippen molar-refractivity contribution in [2.45, 2.75) is 32.3 Å². The van der Waals surface area contributed by atoms with Gasteiger partial charge in [0.15, 0.2) is 0 Å². The van der Waals surface area contributed by atoms with Gasteiger partial charge in [-0.15, -0.1) is 0 Å². The van der Waals surface area contributed by atoms with Crippen molar-refractivity contribution in [2.75, 3.05) is 0 Å². The molecule has 1 unspecified atom stereocenters. The number of hydrogen-bond donors (Lipinski definition) is 1. The lowest BCUT2D eigenvalue weighted by atomic mass is 9.84. The quantitative estimate of drug-likeness (QED) is 0.722. The normalized spacial score (nSPS) is 14.8. The van der Waals surface area contributed by atoms with Crippen LogP contribution in [-0.2, 0) is 5.60 Å². The lowest BCUT2D eigenvalue weighted by Gasteiger charge is -2.28. The molecule has 1 nitrogen and oxygen atoms in total. The van der Waals surface area contributed by atoms with Gasteiger partial charge in [0.05, 0.1) is 0 Å². The Labute approximate surface area is 86.1 Å². The molecule has 0 fully saturated rings. The molecule has 1 aromatic carbocycles. The predicted octanol–water partition coefficient (Wildman–Crippen LogP) is 3.25. The van der Waals surface area contributed by atoms with Crippen LogP contribution < -0.4 is 0 Å². The van der Waals surface area contributed by atoms with E-state index in [1.807, 2.05) is 37.3 Å². The third-order valence-electron chi connectivity index (χ3n) is 2.57. The minimum Gasteiger partial charge on any atom is -0.381 e. The summed E-state index contributed by atoms with van der Waals surface area (Å²) >= 11 is 0. The molecule has 0 saturated heterocycles. The monoisotopic (exact) mass is 190 g/mol. The number of rotatable bonds is 4. The third-order valence-corrected chi connectivity index (χ3v) is 2.57. The Hall–Kier alpha value is -1.08. The molecule has 76 valence electrons. The van der Waals surface area contributed by atoms with Crippen molar-refractivity contribution in [1.29, 1.82) is 0 Å². The molecule has 0 radical (unpaired) electrons. The van der Waals surface area contributed by atoms with Crippen molar-refractivity contribution >= 4 is 0 Å². The zero-order chi connectivity index (χ0) is 10.6. The van der Waals surface area contributed by atoms with Gasteiger partial charge in [-0.05, 0) is 24.5 Å². The van der Waals surface area contributed by atoms with E-state index in [-0.39, 0.29) is 0 Å². The van der Waals surface area contributed by atoms with E-state index in [0.717, 1.165) is 24.0 Å². The smallest absolute Gasteiger partial charge is 0.110 e. The fourth-order valence-electron chi connectivity index (χ4n) is 1.68. The Bertz CT molecular complexity index is 302. The highest BCUT2D eigenvalue weighted by Crippen LogP contribution is 2.32. The fraction of sp³-hybridized carbons (Fsp3) is 0.385. The first-order valence-electron chi connectivity index (χ1n) is 5.05.